The van der Waals surface area contributed by atoms with Gasteiger partial charge in [0.2, 0.25) is 11.8 Å². The van der Waals surface area contributed by atoms with Crippen molar-refractivity contribution >= 4 is 69.1 Å². The van der Waals surface area contributed by atoms with Gasteiger partial charge in [-0.2, -0.15) is 0 Å². The number of hydrogen-bond acceptors (Lipinski definition) is 4. The van der Waals surface area contributed by atoms with E-state index in [2.05, 4.69) is 59.2 Å². The van der Waals surface area contributed by atoms with Gasteiger partial charge in [0, 0.05) is 60.0 Å². The zero-order chi connectivity index (χ0) is 29.6. The first kappa shape index (κ1) is 30.8. The van der Waals surface area contributed by atoms with Crippen LogP contribution in [0.25, 0.3) is 24.3 Å². The molecule has 2 aromatic heterocycles. The van der Waals surface area contributed by atoms with E-state index >= 15 is 0 Å². The fraction of sp³-hybridized carbons (Fsp3) is 0.176. The van der Waals surface area contributed by atoms with E-state index in [1.165, 1.54) is 0 Å². The zero-order valence-electron chi connectivity index (χ0n) is 23.9. The summed E-state index contributed by atoms with van der Waals surface area (Å²) in [5.74, 6) is 1.34. The molecule has 0 bridgehead atoms. The van der Waals surface area contributed by atoms with Crippen molar-refractivity contribution in [2.24, 2.45) is 14.1 Å². The molecular formula is C34H36N4O2S2+2. The lowest BCUT2D eigenvalue weighted by atomic mass is 10.1. The minimum absolute atomic E-state index is 0.0162. The number of hydrogen-bond donors (Lipinski definition) is 2. The Morgan fingerprint density at radius 3 is 1.19 bits per heavy atom. The highest BCUT2D eigenvalue weighted by Crippen LogP contribution is 2.23. The third-order valence-corrected chi connectivity index (χ3v) is 8.65. The van der Waals surface area contributed by atoms with Crippen molar-refractivity contribution in [1.29, 1.82) is 0 Å². The van der Waals surface area contributed by atoms with Crippen LogP contribution in [0.1, 0.15) is 35.1 Å². The van der Waals surface area contributed by atoms with Crippen molar-refractivity contribution in [2.75, 3.05) is 22.1 Å². The van der Waals surface area contributed by atoms with Gasteiger partial charge >= 0.3 is 0 Å². The first-order chi connectivity index (χ1) is 20.4. The smallest absolute Gasteiger partial charge is 0.225 e. The molecule has 4 aromatic rings. The van der Waals surface area contributed by atoms with Gasteiger partial charge in [0.1, 0.15) is 14.1 Å². The highest BCUT2D eigenvalue weighted by atomic mass is 33.1. The number of carbonyl (C=O) groups is 2. The second-order valence-electron chi connectivity index (χ2n) is 9.74. The van der Waals surface area contributed by atoms with E-state index < -0.39 is 0 Å². The van der Waals surface area contributed by atoms with Gasteiger partial charge in [-0.1, -0.05) is 70.2 Å². The standard InChI is InChI=1S/C34H34N4O2S2/c1-37-21-15-29(16-22-37)5-3-27-7-11-31(12-8-27)35-33(39)19-25-41-42-26-20-34(40)36-32-13-9-28(10-14-32)4-6-30-17-23-38(2)24-18-30/h3-18,21-24H,19-20,25-26H2,1-2H3/p+2. The van der Waals surface area contributed by atoms with E-state index in [9.17, 15) is 9.59 Å². The Bertz CT molecular complexity index is 1380. The second-order valence-corrected chi connectivity index (χ2v) is 12.4. The SMILES string of the molecule is C[n+]1ccc(/C=C/c2ccc(NC(=O)CCSSCCC(=O)Nc3ccc(/C=C/c4cc[n+](C)cc4)cc3)cc2)cc1. The zero-order valence-corrected chi connectivity index (χ0v) is 25.5. The molecule has 2 heterocycles. The number of pyridine rings is 2. The lowest BCUT2D eigenvalue weighted by molar-refractivity contribution is -0.671. The Kier molecular flexibility index (Phi) is 12.0. The summed E-state index contributed by atoms with van der Waals surface area (Å²) in [7, 11) is 7.21. The Hall–Kier alpha value is -4.14. The molecule has 0 spiro atoms. The molecule has 0 radical (unpaired) electrons. The van der Waals surface area contributed by atoms with E-state index in [0.29, 0.717) is 24.3 Å². The second kappa shape index (κ2) is 16.3. The van der Waals surface area contributed by atoms with Crippen LogP contribution in [0.3, 0.4) is 0 Å². The van der Waals surface area contributed by atoms with Crippen molar-refractivity contribution in [1.82, 2.24) is 0 Å². The van der Waals surface area contributed by atoms with Crippen molar-refractivity contribution < 1.29 is 18.7 Å². The number of aromatic nitrogens is 2. The van der Waals surface area contributed by atoms with Gasteiger partial charge in [0.05, 0.1) is 0 Å². The fourth-order valence-electron chi connectivity index (χ4n) is 3.82. The van der Waals surface area contributed by atoms with E-state index in [-0.39, 0.29) is 11.8 Å². The van der Waals surface area contributed by atoms with Crippen LogP contribution in [0.15, 0.2) is 97.6 Å². The molecule has 8 heteroatoms. The molecule has 0 unspecified atom stereocenters. The molecule has 2 amide bonds. The van der Waals surface area contributed by atoms with Gasteiger partial charge in [-0.25, -0.2) is 9.13 Å². The number of nitrogens with zero attached hydrogens (tertiary/aromatic N) is 2. The molecule has 0 saturated heterocycles. The molecular weight excluding hydrogens is 561 g/mol. The van der Waals surface area contributed by atoms with Gasteiger partial charge in [0.25, 0.3) is 0 Å². The summed E-state index contributed by atoms with van der Waals surface area (Å²) in [5.41, 5.74) is 5.97. The van der Waals surface area contributed by atoms with Gasteiger partial charge in [0.15, 0.2) is 24.8 Å². The molecule has 0 atom stereocenters. The molecule has 0 aliphatic carbocycles. The molecule has 6 nitrogen and oxygen atoms in total. The van der Waals surface area contributed by atoms with Gasteiger partial charge in [-0.15, -0.1) is 0 Å². The van der Waals surface area contributed by atoms with Crippen LogP contribution >= 0.6 is 21.6 Å². The lowest BCUT2D eigenvalue weighted by Gasteiger charge is -2.06. The predicted molar refractivity (Wildman–Crippen MR) is 177 cm³/mol. The molecule has 0 aliphatic heterocycles. The summed E-state index contributed by atoms with van der Waals surface area (Å²) < 4.78 is 4.00. The highest BCUT2D eigenvalue weighted by molar-refractivity contribution is 8.76. The van der Waals surface area contributed by atoms with E-state index in [1.54, 1.807) is 21.6 Å². The number of aryl methyl sites for hydroxylation is 2. The van der Waals surface area contributed by atoms with Crippen LogP contribution in [0.4, 0.5) is 11.4 Å². The van der Waals surface area contributed by atoms with Crippen LogP contribution in [0.2, 0.25) is 0 Å². The number of amides is 2. The van der Waals surface area contributed by atoms with E-state index in [1.807, 2.05) is 96.5 Å². The molecule has 2 aromatic carbocycles. The normalized spacial score (nSPS) is 11.2. The van der Waals surface area contributed by atoms with E-state index in [0.717, 1.165) is 33.6 Å². The number of anilines is 2. The topological polar surface area (TPSA) is 66.0 Å². The van der Waals surface area contributed by atoms with Gasteiger partial charge in [-0.05, 0) is 46.5 Å². The maximum Gasteiger partial charge on any atom is 0.225 e. The third kappa shape index (κ3) is 11.0. The summed E-state index contributed by atoms with van der Waals surface area (Å²) >= 11 is 0. The van der Waals surface area contributed by atoms with Crippen LogP contribution in [0.5, 0.6) is 0 Å². The van der Waals surface area contributed by atoms with E-state index in [4.69, 9.17) is 0 Å². The van der Waals surface area contributed by atoms with Crippen LogP contribution in [0, 0.1) is 0 Å². The number of carbonyl (C=O) groups excluding carboxylic acids is 2. The summed E-state index contributed by atoms with van der Waals surface area (Å²) in [6.07, 6.45) is 17.1. The van der Waals surface area contributed by atoms with Crippen molar-refractivity contribution in [3.05, 3.63) is 120 Å². The molecule has 4 rings (SSSR count). The average Bonchev–Trinajstić information content (AvgIpc) is 3.00. The summed E-state index contributed by atoms with van der Waals surface area (Å²) in [5, 5.41) is 5.90. The molecule has 0 aliphatic rings. The van der Waals surface area contributed by atoms with Crippen LogP contribution in [-0.4, -0.2) is 23.3 Å². The van der Waals surface area contributed by atoms with Crippen LogP contribution < -0.4 is 19.8 Å². The van der Waals surface area contributed by atoms with Crippen molar-refractivity contribution in [3.63, 3.8) is 0 Å². The molecule has 0 fully saturated rings. The fourth-order valence-corrected chi connectivity index (χ4v) is 5.80. The minimum Gasteiger partial charge on any atom is -0.326 e. The quantitative estimate of drug-likeness (QED) is 0.106. The van der Waals surface area contributed by atoms with Crippen LogP contribution in [-0.2, 0) is 23.7 Å². The first-order valence-corrected chi connectivity index (χ1v) is 16.2. The van der Waals surface area contributed by atoms with Gasteiger partial charge < -0.3 is 10.6 Å². The third-order valence-electron chi connectivity index (χ3n) is 6.24. The molecule has 214 valence electrons. The largest absolute Gasteiger partial charge is 0.326 e. The Morgan fingerprint density at radius 1 is 0.548 bits per heavy atom. The predicted octanol–water partition coefficient (Wildman–Crippen LogP) is 6.42. The summed E-state index contributed by atoms with van der Waals surface area (Å²) in [6, 6.07) is 23.8. The van der Waals surface area contributed by atoms with Crippen molar-refractivity contribution in [3.8, 4) is 0 Å². The number of rotatable bonds is 13. The Balaban J connectivity index is 1.07. The first-order valence-electron chi connectivity index (χ1n) is 13.7. The van der Waals surface area contributed by atoms with Gasteiger partial charge in [-0.3, -0.25) is 9.59 Å². The molecule has 2 N–H and O–H groups in total. The summed E-state index contributed by atoms with van der Waals surface area (Å²) in [4.78, 5) is 24.6. The molecule has 42 heavy (non-hydrogen) atoms. The Labute approximate surface area is 256 Å². The summed E-state index contributed by atoms with van der Waals surface area (Å²) in [6.45, 7) is 0. The minimum atomic E-state index is -0.0162. The number of nitrogens with one attached hydrogen (secondary N) is 2. The average molecular weight is 597 g/mol. The lowest BCUT2D eigenvalue weighted by Crippen LogP contribution is -2.25. The molecule has 0 saturated carbocycles. The maximum atomic E-state index is 12.3. The monoisotopic (exact) mass is 596 g/mol. The highest BCUT2D eigenvalue weighted by Gasteiger charge is 2.05. The number of benzene rings is 2. The van der Waals surface area contributed by atoms with Crippen molar-refractivity contribution in [2.45, 2.75) is 12.8 Å². The Morgan fingerprint density at radius 2 is 0.857 bits per heavy atom. The maximum absolute atomic E-state index is 12.3.